The Kier molecular flexibility index (Phi) is 6.34. The van der Waals surface area contributed by atoms with Gasteiger partial charge in [0.2, 0.25) is 5.91 Å². The number of nitrogens with zero attached hydrogens (tertiary/aromatic N) is 3. The largest absolute Gasteiger partial charge is 0.352 e. The summed E-state index contributed by atoms with van der Waals surface area (Å²) in [7, 11) is 0. The molecule has 1 aliphatic rings. The first-order valence-electron chi connectivity index (χ1n) is 9.54. The fourth-order valence-electron chi connectivity index (χ4n) is 3.55. The second-order valence-electron chi connectivity index (χ2n) is 7.11. The summed E-state index contributed by atoms with van der Waals surface area (Å²) in [5.74, 6) is 0.530. The quantitative estimate of drug-likeness (QED) is 0.802. The standard InChI is InChI=1S/C20H27N5O2/c1-3-18-22-14(2)17(20(27)24-18)10-19(26)23-16-7-5-9-25(13-16)12-15-6-4-8-21-11-15/h4,6,8,11,16H,3,5,7,9-10,12-13H2,1-2H3,(H,23,26)(H,22,24,27). The average molecular weight is 369 g/mol. The third-order valence-electron chi connectivity index (χ3n) is 4.94. The molecule has 0 bridgehead atoms. The Morgan fingerprint density at radius 1 is 1.44 bits per heavy atom. The van der Waals surface area contributed by atoms with Gasteiger partial charge in [-0.3, -0.25) is 19.5 Å². The molecule has 0 aromatic carbocycles. The molecule has 2 N–H and O–H groups in total. The second kappa shape index (κ2) is 8.90. The molecule has 1 aliphatic heterocycles. The number of aromatic amines is 1. The number of hydrogen-bond acceptors (Lipinski definition) is 5. The highest BCUT2D eigenvalue weighted by atomic mass is 16.2. The highest BCUT2D eigenvalue weighted by molar-refractivity contribution is 5.79. The van der Waals surface area contributed by atoms with Gasteiger partial charge >= 0.3 is 0 Å². The molecule has 0 aliphatic carbocycles. The van der Waals surface area contributed by atoms with Gasteiger partial charge in [0.1, 0.15) is 5.82 Å². The van der Waals surface area contributed by atoms with Crippen molar-refractivity contribution in [3.8, 4) is 0 Å². The van der Waals surface area contributed by atoms with E-state index < -0.39 is 0 Å². The van der Waals surface area contributed by atoms with E-state index in [1.165, 1.54) is 5.56 Å². The molecule has 2 aromatic heterocycles. The van der Waals surface area contributed by atoms with Crippen molar-refractivity contribution in [2.24, 2.45) is 0 Å². The molecule has 0 spiro atoms. The van der Waals surface area contributed by atoms with Crippen molar-refractivity contribution in [3.05, 3.63) is 57.5 Å². The summed E-state index contributed by atoms with van der Waals surface area (Å²) in [5, 5.41) is 3.09. The van der Waals surface area contributed by atoms with Crippen LogP contribution in [-0.2, 0) is 24.2 Å². The molecule has 27 heavy (non-hydrogen) atoms. The van der Waals surface area contributed by atoms with E-state index in [1.54, 1.807) is 13.1 Å². The third-order valence-corrected chi connectivity index (χ3v) is 4.94. The molecule has 3 rings (SSSR count). The summed E-state index contributed by atoms with van der Waals surface area (Å²) >= 11 is 0. The van der Waals surface area contributed by atoms with Gasteiger partial charge in [0.15, 0.2) is 0 Å². The van der Waals surface area contributed by atoms with E-state index in [1.807, 2.05) is 19.2 Å². The second-order valence-corrected chi connectivity index (χ2v) is 7.11. The van der Waals surface area contributed by atoms with E-state index in [-0.39, 0.29) is 23.9 Å². The number of aryl methyl sites for hydroxylation is 2. The van der Waals surface area contributed by atoms with Crippen LogP contribution in [0.5, 0.6) is 0 Å². The van der Waals surface area contributed by atoms with Crippen LogP contribution in [0, 0.1) is 6.92 Å². The van der Waals surface area contributed by atoms with Crippen LogP contribution in [0.1, 0.15) is 42.4 Å². The van der Waals surface area contributed by atoms with E-state index in [4.69, 9.17) is 0 Å². The van der Waals surface area contributed by atoms with E-state index in [9.17, 15) is 9.59 Å². The molecule has 1 unspecified atom stereocenters. The maximum absolute atomic E-state index is 12.5. The predicted molar refractivity (Wildman–Crippen MR) is 103 cm³/mol. The smallest absolute Gasteiger partial charge is 0.254 e. The zero-order valence-electron chi connectivity index (χ0n) is 16.0. The number of nitrogens with one attached hydrogen (secondary N) is 2. The topological polar surface area (TPSA) is 91.0 Å². The van der Waals surface area contributed by atoms with Gasteiger partial charge in [-0.1, -0.05) is 13.0 Å². The summed E-state index contributed by atoms with van der Waals surface area (Å²) in [6.07, 6.45) is 6.38. The molecule has 7 heteroatoms. The molecule has 0 radical (unpaired) electrons. The highest BCUT2D eigenvalue weighted by Gasteiger charge is 2.22. The van der Waals surface area contributed by atoms with Crippen LogP contribution >= 0.6 is 0 Å². The first kappa shape index (κ1) is 19.2. The zero-order chi connectivity index (χ0) is 19.2. The van der Waals surface area contributed by atoms with Crippen LogP contribution in [0.2, 0.25) is 0 Å². The van der Waals surface area contributed by atoms with Gasteiger partial charge in [-0.2, -0.15) is 0 Å². The number of piperidine rings is 1. The first-order chi connectivity index (χ1) is 13.0. The molecule has 2 aromatic rings. The van der Waals surface area contributed by atoms with Crippen molar-refractivity contribution in [2.75, 3.05) is 13.1 Å². The molecule has 3 heterocycles. The van der Waals surface area contributed by atoms with Crippen molar-refractivity contribution < 1.29 is 4.79 Å². The summed E-state index contributed by atoms with van der Waals surface area (Å²) in [5.41, 5.74) is 2.05. The number of carbonyl (C=O) groups excluding carboxylic acids is 1. The molecule has 0 saturated carbocycles. The minimum Gasteiger partial charge on any atom is -0.352 e. The monoisotopic (exact) mass is 369 g/mol. The molecule has 1 amide bonds. The van der Waals surface area contributed by atoms with Crippen LogP contribution in [0.4, 0.5) is 0 Å². The van der Waals surface area contributed by atoms with Crippen LogP contribution in [0.3, 0.4) is 0 Å². The Labute approximate surface area is 159 Å². The molecule has 1 atom stereocenters. The Morgan fingerprint density at radius 3 is 3.00 bits per heavy atom. The molecule has 1 saturated heterocycles. The summed E-state index contributed by atoms with van der Waals surface area (Å²) in [6.45, 7) is 6.38. The first-order valence-corrected chi connectivity index (χ1v) is 9.54. The summed E-state index contributed by atoms with van der Waals surface area (Å²) in [4.78, 5) is 38.3. The lowest BCUT2D eigenvalue weighted by atomic mass is 10.0. The van der Waals surface area contributed by atoms with Crippen LogP contribution in [0.25, 0.3) is 0 Å². The minimum absolute atomic E-state index is 0.0667. The van der Waals surface area contributed by atoms with Gasteiger partial charge in [0, 0.05) is 49.2 Å². The minimum atomic E-state index is -0.212. The van der Waals surface area contributed by atoms with Crippen molar-refractivity contribution in [2.45, 2.75) is 52.1 Å². The van der Waals surface area contributed by atoms with Gasteiger partial charge in [0.05, 0.1) is 6.42 Å². The van der Waals surface area contributed by atoms with E-state index in [0.717, 1.165) is 32.5 Å². The predicted octanol–water partition coefficient (Wildman–Crippen LogP) is 1.36. The van der Waals surface area contributed by atoms with Crippen molar-refractivity contribution in [1.82, 2.24) is 25.2 Å². The van der Waals surface area contributed by atoms with Gasteiger partial charge in [0.25, 0.3) is 5.56 Å². The number of H-pyrrole nitrogens is 1. The number of carbonyl (C=O) groups is 1. The maximum atomic E-state index is 12.5. The van der Waals surface area contributed by atoms with E-state index in [0.29, 0.717) is 23.5 Å². The number of aromatic nitrogens is 3. The number of rotatable bonds is 6. The van der Waals surface area contributed by atoms with Gasteiger partial charge in [-0.25, -0.2) is 4.98 Å². The zero-order valence-corrected chi connectivity index (χ0v) is 16.0. The summed E-state index contributed by atoms with van der Waals surface area (Å²) < 4.78 is 0. The lowest BCUT2D eigenvalue weighted by Gasteiger charge is -2.33. The Bertz CT molecular complexity index is 834. The number of hydrogen-bond donors (Lipinski definition) is 2. The molecular weight excluding hydrogens is 342 g/mol. The lowest BCUT2D eigenvalue weighted by molar-refractivity contribution is -0.121. The highest BCUT2D eigenvalue weighted by Crippen LogP contribution is 2.13. The van der Waals surface area contributed by atoms with Gasteiger partial charge < -0.3 is 10.3 Å². The Hall–Kier alpha value is -2.54. The van der Waals surface area contributed by atoms with Gasteiger partial charge in [-0.05, 0) is 37.9 Å². The third kappa shape index (κ3) is 5.23. The maximum Gasteiger partial charge on any atom is 0.254 e. The number of amides is 1. The molecule has 1 fully saturated rings. The molecular formula is C20H27N5O2. The van der Waals surface area contributed by atoms with E-state index >= 15 is 0 Å². The van der Waals surface area contributed by atoms with Gasteiger partial charge in [-0.15, -0.1) is 0 Å². The average Bonchev–Trinajstić information content (AvgIpc) is 2.65. The molecule has 7 nitrogen and oxygen atoms in total. The Morgan fingerprint density at radius 2 is 2.30 bits per heavy atom. The van der Waals surface area contributed by atoms with Crippen molar-refractivity contribution >= 4 is 5.91 Å². The number of pyridine rings is 1. The van der Waals surface area contributed by atoms with Crippen LogP contribution in [-0.4, -0.2) is 44.9 Å². The fraction of sp³-hybridized carbons (Fsp3) is 0.500. The van der Waals surface area contributed by atoms with Crippen LogP contribution in [0.15, 0.2) is 29.3 Å². The van der Waals surface area contributed by atoms with Crippen molar-refractivity contribution in [1.29, 1.82) is 0 Å². The number of likely N-dealkylation sites (tertiary alicyclic amines) is 1. The normalized spacial score (nSPS) is 17.6. The summed E-state index contributed by atoms with van der Waals surface area (Å²) in [6, 6.07) is 4.11. The van der Waals surface area contributed by atoms with Crippen LogP contribution < -0.4 is 10.9 Å². The lowest BCUT2D eigenvalue weighted by Crippen LogP contribution is -2.48. The van der Waals surface area contributed by atoms with E-state index in [2.05, 4.69) is 31.2 Å². The SMILES string of the molecule is CCc1nc(C)c(CC(=O)NC2CCCN(Cc3cccnc3)C2)c(=O)[nH]1. The van der Waals surface area contributed by atoms with Crippen molar-refractivity contribution in [3.63, 3.8) is 0 Å². The molecule has 144 valence electrons. The fourth-order valence-corrected chi connectivity index (χ4v) is 3.55. The Balaban J connectivity index is 1.57.